The SMILES string of the molecule is CCNCc1ccc(Cl)cc1N(C)C(C)C. The van der Waals surface area contributed by atoms with Crippen molar-refractivity contribution in [1.82, 2.24) is 5.32 Å². The fourth-order valence-corrected chi connectivity index (χ4v) is 1.72. The smallest absolute Gasteiger partial charge is 0.0426 e. The molecule has 0 fully saturated rings. The summed E-state index contributed by atoms with van der Waals surface area (Å²) >= 11 is 6.05. The number of hydrogen-bond acceptors (Lipinski definition) is 2. The lowest BCUT2D eigenvalue weighted by atomic mass is 10.1. The van der Waals surface area contributed by atoms with Crippen LogP contribution in [0, 0.1) is 0 Å². The Kier molecular flexibility index (Phi) is 5.10. The van der Waals surface area contributed by atoms with E-state index < -0.39 is 0 Å². The van der Waals surface area contributed by atoms with Crippen molar-refractivity contribution < 1.29 is 0 Å². The lowest BCUT2D eigenvalue weighted by Crippen LogP contribution is -2.27. The van der Waals surface area contributed by atoms with Gasteiger partial charge in [-0.25, -0.2) is 0 Å². The van der Waals surface area contributed by atoms with Crippen molar-refractivity contribution in [1.29, 1.82) is 0 Å². The number of hydrogen-bond donors (Lipinski definition) is 1. The van der Waals surface area contributed by atoms with Crippen molar-refractivity contribution in [3.63, 3.8) is 0 Å². The summed E-state index contributed by atoms with van der Waals surface area (Å²) in [5.41, 5.74) is 2.51. The lowest BCUT2D eigenvalue weighted by Gasteiger charge is -2.26. The largest absolute Gasteiger partial charge is 0.372 e. The Morgan fingerprint density at radius 2 is 2.06 bits per heavy atom. The fourth-order valence-electron chi connectivity index (χ4n) is 1.55. The van der Waals surface area contributed by atoms with Gasteiger partial charge in [0, 0.05) is 30.3 Å². The molecule has 0 radical (unpaired) electrons. The molecule has 0 saturated heterocycles. The molecule has 0 aromatic heterocycles. The third-order valence-corrected chi connectivity index (χ3v) is 3.00. The molecule has 1 rings (SSSR count). The number of anilines is 1. The second-order valence-electron chi connectivity index (χ2n) is 4.26. The van der Waals surface area contributed by atoms with E-state index >= 15 is 0 Å². The molecule has 1 N–H and O–H groups in total. The van der Waals surface area contributed by atoms with E-state index in [0.29, 0.717) is 6.04 Å². The zero-order valence-corrected chi connectivity index (χ0v) is 11.3. The predicted octanol–water partition coefficient (Wildman–Crippen LogP) is 3.29. The molecular formula is C13H21ClN2. The molecule has 0 heterocycles. The minimum absolute atomic E-state index is 0.471. The van der Waals surface area contributed by atoms with Crippen LogP contribution in [0.2, 0.25) is 5.02 Å². The van der Waals surface area contributed by atoms with Crippen LogP contribution in [-0.2, 0) is 6.54 Å². The summed E-state index contributed by atoms with van der Waals surface area (Å²) in [6.45, 7) is 8.34. The third-order valence-electron chi connectivity index (χ3n) is 2.77. The number of nitrogens with zero attached hydrogens (tertiary/aromatic N) is 1. The van der Waals surface area contributed by atoms with Gasteiger partial charge in [-0.05, 0) is 38.1 Å². The van der Waals surface area contributed by atoms with Crippen LogP contribution in [0.5, 0.6) is 0 Å². The van der Waals surface area contributed by atoms with Crippen LogP contribution in [-0.4, -0.2) is 19.6 Å². The molecule has 0 unspecified atom stereocenters. The molecule has 1 aromatic rings. The van der Waals surface area contributed by atoms with Crippen LogP contribution < -0.4 is 10.2 Å². The van der Waals surface area contributed by atoms with E-state index in [4.69, 9.17) is 11.6 Å². The Hall–Kier alpha value is -0.730. The maximum absolute atomic E-state index is 6.05. The Morgan fingerprint density at radius 3 is 2.62 bits per heavy atom. The van der Waals surface area contributed by atoms with Gasteiger partial charge in [-0.3, -0.25) is 0 Å². The first-order valence-electron chi connectivity index (χ1n) is 5.78. The van der Waals surface area contributed by atoms with Gasteiger partial charge in [0.1, 0.15) is 0 Å². The van der Waals surface area contributed by atoms with Gasteiger partial charge in [-0.2, -0.15) is 0 Å². The molecule has 0 aliphatic rings. The normalized spacial score (nSPS) is 10.9. The molecule has 0 atom stereocenters. The molecule has 0 amide bonds. The van der Waals surface area contributed by atoms with Gasteiger partial charge in [0.25, 0.3) is 0 Å². The monoisotopic (exact) mass is 240 g/mol. The summed E-state index contributed by atoms with van der Waals surface area (Å²) in [6, 6.07) is 6.55. The molecule has 0 saturated carbocycles. The van der Waals surface area contributed by atoms with Gasteiger partial charge >= 0.3 is 0 Å². The quantitative estimate of drug-likeness (QED) is 0.850. The molecule has 0 aliphatic carbocycles. The molecule has 16 heavy (non-hydrogen) atoms. The second kappa shape index (κ2) is 6.12. The van der Waals surface area contributed by atoms with Crippen molar-refractivity contribution in [3.05, 3.63) is 28.8 Å². The van der Waals surface area contributed by atoms with E-state index in [1.54, 1.807) is 0 Å². The summed E-state index contributed by atoms with van der Waals surface area (Å²) in [5, 5.41) is 4.14. The maximum atomic E-state index is 6.05. The highest BCUT2D eigenvalue weighted by Gasteiger charge is 2.10. The third kappa shape index (κ3) is 3.39. The first-order valence-corrected chi connectivity index (χ1v) is 6.16. The summed E-state index contributed by atoms with van der Waals surface area (Å²) in [5.74, 6) is 0. The Morgan fingerprint density at radius 1 is 1.38 bits per heavy atom. The van der Waals surface area contributed by atoms with Crippen molar-refractivity contribution in [3.8, 4) is 0 Å². The van der Waals surface area contributed by atoms with E-state index in [1.165, 1.54) is 11.3 Å². The minimum Gasteiger partial charge on any atom is -0.372 e. The second-order valence-corrected chi connectivity index (χ2v) is 4.69. The van der Waals surface area contributed by atoms with Crippen LogP contribution in [0.15, 0.2) is 18.2 Å². The zero-order chi connectivity index (χ0) is 12.1. The van der Waals surface area contributed by atoms with E-state index in [0.717, 1.165) is 18.1 Å². The Balaban J connectivity index is 2.97. The topological polar surface area (TPSA) is 15.3 Å². The van der Waals surface area contributed by atoms with Crippen molar-refractivity contribution in [2.24, 2.45) is 0 Å². The van der Waals surface area contributed by atoms with Crippen LogP contribution >= 0.6 is 11.6 Å². The molecule has 0 aliphatic heterocycles. The molecule has 0 bridgehead atoms. The van der Waals surface area contributed by atoms with Crippen LogP contribution in [0.1, 0.15) is 26.3 Å². The molecule has 2 nitrogen and oxygen atoms in total. The van der Waals surface area contributed by atoms with E-state index in [-0.39, 0.29) is 0 Å². The highest BCUT2D eigenvalue weighted by Crippen LogP contribution is 2.25. The highest BCUT2D eigenvalue weighted by atomic mass is 35.5. The van der Waals surface area contributed by atoms with E-state index in [1.807, 2.05) is 12.1 Å². The molecule has 3 heteroatoms. The number of rotatable bonds is 5. The first kappa shape index (κ1) is 13.3. The van der Waals surface area contributed by atoms with E-state index in [9.17, 15) is 0 Å². The fraction of sp³-hybridized carbons (Fsp3) is 0.538. The van der Waals surface area contributed by atoms with Gasteiger partial charge in [0.2, 0.25) is 0 Å². The lowest BCUT2D eigenvalue weighted by molar-refractivity contribution is 0.709. The standard InChI is InChI=1S/C13H21ClN2/c1-5-15-9-11-6-7-12(14)8-13(11)16(4)10(2)3/h6-8,10,15H,5,9H2,1-4H3. The van der Waals surface area contributed by atoms with Crippen LogP contribution in [0.3, 0.4) is 0 Å². The average molecular weight is 241 g/mol. The summed E-state index contributed by atoms with van der Waals surface area (Å²) in [6.07, 6.45) is 0. The first-order chi connectivity index (χ1) is 7.56. The molecule has 0 spiro atoms. The van der Waals surface area contributed by atoms with Crippen molar-refractivity contribution >= 4 is 17.3 Å². The number of halogens is 1. The van der Waals surface area contributed by atoms with E-state index in [2.05, 4.69) is 44.1 Å². The molecule has 1 aromatic carbocycles. The van der Waals surface area contributed by atoms with Gasteiger partial charge in [0.15, 0.2) is 0 Å². The van der Waals surface area contributed by atoms with Gasteiger partial charge in [-0.1, -0.05) is 24.6 Å². The van der Waals surface area contributed by atoms with Crippen LogP contribution in [0.4, 0.5) is 5.69 Å². The summed E-state index contributed by atoms with van der Waals surface area (Å²) in [7, 11) is 2.10. The number of nitrogens with one attached hydrogen (secondary N) is 1. The van der Waals surface area contributed by atoms with Crippen molar-refractivity contribution in [2.75, 3.05) is 18.5 Å². The Bertz CT molecular complexity index is 337. The molecule has 90 valence electrons. The summed E-state index contributed by atoms with van der Waals surface area (Å²) < 4.78 is 0. The van der Waals surface area contributed by atoms with Gasteiger partial charge in [-0.15, -0.1) is 0 Å². The van der Waals surface area contributed by atoms with Gasteiger partial charge in [0.05, 0.1) is 0 Å². The van der Waals surface area contributed by atoms with Crippen LogP contribution in [0.25, 0.3) is 0 Å². The Labute approximate surface area is 104 Å². The predicted molar refractivity (Wildman–Crippen MR) is 72.4 cm³/mol. The maximum Gasteiger partial charge on any atom is 0.0426 e. The zero-order valence-electron chi connectivity index (χ0n) is 10.5. The van der Waals surface area contributed by atoms with Crippen molar-refractivity contribution in [2.45, 2.75) is 33.4 Å². The van der Waals surface area contributed by atoms with Gasteiger partial charge < -0.3 is 10.2 Å². The minimum atomic E-state index is 0.471. The molecular weight excluding hydrogens is 220 g/mol. The average Bonchev–Trinajstić information content (AvgIpc) is 2.26. The summed E-state index contributed by atoms with van der Waals surface area (Å²) in [4.78, 5) is 2.25. The highest BCUT2D eigenvalue weighted by molar-refractivity contribution is 6.30. The number of benzene rings is 1.